The molecule has 5 nitrogen and oxygen atoms in total. The molecule has 0 radical (unpaired) electrons. The molecule has 27 heavy (non-hydrogen) atoms. The van der Waals surface area contributed by atoms with Crippen molar-refractivity contribution in [3.8, 4) is 0 Å². The molecule has 0 atom stereocenters. The fourth-order valence-electron chi connectivity index (χ4n) is 4.26. The van der Waals surface area contributed by atoms with Gasteiger partial charge in [0.25, 0.3) is 5.56 Å². The standard InChI is InChI=1S/C22H27N3O2/c1-20(2,3)15-9-8-13-12-16-24-19(26)17-18(22(6,7)27-21(17,4)5)25(16)11-10-14(13)23-15/h8-11H,12H2,1-7H3. The van der Waals surface area contributed by atoms with Gasteiger partial charge in [0.05, 0.1) is 22.6 Å². The van der Waals surface area contributed by atoms with Crippen LogP contribution in [-0.2, 0) is 27.8 Å². The van der Waals surface area contributed by atoms with Crippen molar-refractivity contribution in [2.24, 2.45) is 0 Å². The Morgan fingerprint density at radius 2 is 1.78 bits per heavy atom. The number of rotatable bonds is 0. The Morgan fingerprint density at radius 3 is 2.44 bits per heavy atom. The number of hydrogen-bond donors (Lipinski definition) is 0. The first-order chi connectivity index (χ1) is 12.4. The molecule has 2 aromatic heterocycles. The van der Waals surface area contributed by atoms with Crippen molar-refractivity contribution in [2.45, 2.75) is 71.5 Å². The third-order valence-corrected chi connectivity index (χ3v) is 5.39. The van der Waals surface area contributed by atoms with Crippen LogP contribution in [0.1, 0.15) is 82.5 Å². The van der Waals surface area contributed by atoms with E-state index < -0.39 is 11.2 Å². The molecular weight excluding hydrogens is 338 g/mol. The highest BCUT2D eigenvalue weighted by Crippen LogP contribution is 2.45. The Hall–Kier alpha value is -2.27. The van der Waals surface area contributed by atoms with Crippen LogP contribution in [0.5, 0.6) is 0 Å². The molecule has 0 fully saturated rings. The monoisotopic (exact) mass is 365 g/mol. The smallest absolute Gasteiger partial charge is 0.279 e. The molecule has 0 bridgehead atoms. The molecule has 0 aromatic carbocycles. The summed E-state index contributed by atoms with van der Waals surface area (Å²) in [5.74, 6) is 0.730. The fourth-order valence-corrected chi connectivity index (χ4v) is 4.26. The summed E-state index contributed by atoms with van der Waals surface area (Å²) in [6.45, 7) is 14.4. The van der Waals surface area contributed by atoms with Gasteiger partial charge in [0, 0.05) is 23.7 Å². The first-order valence-corrected chi connectivity index (χ1v) is 9.45. The molecule has 2 aromatic rings. The van der Waals surface area contributed by atoms with Crippen LogP contribution in [-0.4, -0.2) is 14.5 Å². The number of fused-ring (bicyclic) bond motifs is 4. The van der Waals surface area contributed by atoms with Gasteiger partial charge < -0.3 is 9.30 Å². The lowest BCUT2D eigenvalue weighted by Gasteiger charge is -2.25. The molecule has 0 spiro atoms. The maximum atomic E-state index is 12.9. The average molecular weight is 365 g/mol. The second-order valence-electron chi connectivity index (χ2n) is 9.53. The first kappa shape index (κ1) is 18.1. The minimum atomic E-state index is -0.657. The van der Waals surface area contributed by atoms with Gasteiger partial charge in [-0.25, -0.2) is 0 Å². The van der Waals surface area contributed by atoms with Crippen LogP contribution in [0, 0.1) is 0 Å². The van der Waals surface area contributed by atoms with Crippen molar-refractivity contribution in [2.75, 3.05) is 0 Å². The fraction of sp³-hybridized carbons (Fsp3) is 0.500. The topological polar surface area (TPSA) is 57.0 Å². The van der Waals surface area contributed by atoms with Gasteiger partial charge in [-0.05, 0) is 45.4 Å². The summed E-state index contributed by atoms with van der Waals surface area (Å²) in [6.07, 6.45) is 4.58. The second kappa shape index (κ2) is 5.38. The maximum Gasteiger partial charge on any atom is 0.279 e. The molecule has 0 amide bonds. The average Bonchev–Trinajstić information content (AvgIpc) is 2.64. The van der Waals surface area contributed by atoms with Gasteiger partial charge in [0.15, 0.2) is 0 Å². The molecule has 2 aliphatic heterocycles. The lowest BCUT2D eigenvalue weighted by molar-refractivity contribution is -0.107. The van der Waals surface area contributed by atoms with Crippen molar-refractivity contribution in [1.29, 1.82) is 0 Å². The predicted molar refractivity (Wildman–Crippen MR) is 107 cm³/mol. The predicted octanol–water partition coefficient (Wildman–Crippen LogP) is 3.97. The maximum absolute atomic E-state index is 12.9. The third kappa shape index (κ3) is 2.76. The Bertz CT molecular complexity index is 1040. The Morgan fingerprint density at radius 1 is 1.07 bits per heavy atom. The van der Waals surface area contributed by atoms with E-state index in [2.05, 4.69) is 37.9 Å². The van der Waals surface area contributed by atoms with Gasteiger partial charge in [0.1, 0.15) is 11.4 Å². The molecule has 0 N–H and O–H groups in total. The highest BCUT2D eigenvalue weighted by molar-refractivity contribution is 5.64. The van der Waals surface area contributed by atoms with Crippen molar-refractivity contribution >= 4 is 12.3 Å². The molecule has 142 valence electrons. The molecule has 0 aliphatic carbocycles. The van der Waals surface area contributed by atoms with Gasteiger partial charge in [-0.1, -0.05) is 26.8 Å². The quantitative estimate of drug-likeness (QED) is 0.605. The van der Waals surface area contributed by atoms with Crippen LogP contribution < -0.4 is 5.56 Å². The lowest BCUT2D eigenvalue weighted by atomic mass is 9.91. The SMILES string of the molecule is CC(C)(C)c1ccc2c(n1)C=Cn1c(nc(=O)c3c1C(C)(C)OC3(C)C)C2. The summed E-state index contributed by atoms with van der Waals surface area (Å²) in [6, 6.07) is 4.18. The van der Waals surface area contributed by atoms with Crippen LogP contribution in [0.2, 0.25) is 0 Å². The molecule has 2 aliphatic rings. The van der Waals surface area contributed by atoms with Gasteiger partial charge >= 0.3 is 0 Å². The van der Waals surface area contributed by atoms with Gasteiger partial charge in [-0.15, -0.1) is 0 Å². The third-order valence-electron chi connectivity index (χ3n) is 5.39. The number of pyridine rings is 1. The molecule has 0 unspecified atom stereocenters. The van der Waals surface area contributed by atoms with Gasteiger partial charge in [-0.2, -0.15) is 4.98 Å². The van der Waals surface area contributed by atoms with E-state index in [0.717, 1.165) is 28.5 Å². The summed E-state index contributed by atoms with van der Waals surface area (Å²) in [5.41, 5.74) is 3.17. The zero-order valence-corrected chi connectivity index (χ0v) is 17.2. The molecule has 4 rings (SSSR count). The number of aromatic nitrogens is 3. The number of hydrogen-bond acceptors (Lipinski definition) is 4. The van der Waals surface area contributed by atoms with E-state index in [0.29, 0.717) is 12.0 Å². The van der Waals surface area contributed by atoms with E-state index in [1.807, 2.05) is 44.5 Å². The van der Waals surface area contributed by atoms with Crippen molar-refractivity contribution in [1.82, 2.24) is 14.5 Å². The molecule has 5 heteroatoms. The second-order valence-corrected chi connectivity index (χ2v) is 9.53. The lowest BCUT2D eigenvalue weighted by Crippen LogP contribution is -2.29. The highest BCUT2D eigenvalue weighted by Gasteiger charge is 2.47. The Labute approximate surface area is 160 Å². The molecule has 0 saturated carbocycles. The van der Waals surface area contributed by atoms with Gasteiger partial charge in [-0.3, -0.25) is 9.78 Å². The summed E-state index contributed by atoms with van der Waals surface area (Å²) in [5, 5.41) is 0. The Kier molecular flexibility index (Phi) is 3.61. The summed E-state index contributed by atoms with van der Waals surface area (Å²) in [4.78, 5) is 22.1. The van der Waals surface area contributed by atoms with Gasteiger partial charge in [0.2, 0.25) is 0 Å². The molecule has 0 saturated heterocycles. The minimum Gasteiger partial charge on any atom is -0.358 e. The molecular formula is C22H27N3O2. The normalized spacial score (nSPS) is 19.2. The van der Waals surface area contributed by atoms with Crippen LogP contribution in [0.3, 0.4) is 0 Å². The van der Waals surface area contributed by atoms with Crippen molar-refractivity contribution in [3.63, 3.8) is 0 Å². The summed E-state index contributed by atoms with van der Waals surface area (Å²) < 4.78 is 8.26. The van der Waals surface area contributed by atoms with E-state index in [9.17, 15) is 4.79 Å². The van der Waals surface area contributed by atoms with E-state index in [4.69, 9.17) is 9.72 Å². The number of nitrogens with zero attached hydrogens (tertiary/aromatic N) is 3. The Balaban J connectivity index is 1.94. The van der Waals surface area contributed by atoms with E-state index in [1.165, 1.54) is 0 Å². The minimum absolute atomic E-state index is 0.0172. The highest BCUT2D eigenvalue weighted by atomic mass is 16.5. The van der Waals surface area contributed by atoms with Crippen LogP contribution in [0.15, 0.2) is 16.9 Å². The van der Waals surface area contributed by atoms with Crippen LogP contribution in [0.4, 0.5) is 0 Å². The largest absolute Gasteiger partial charge is 0.358 e. The van der Waals surface area contributed by atoms with Crippen LogP contribution in [0.25, 0.3) is 12.3 Å². The number of ether oxygens (including phenoxy) is 1. The summed E-state index contributed by atoms with van der Waals surface area (Å²) >= 11 is 0. The van der Waals surface area contributed by atoms with E-state index >= 15 is 0 Å². The first-order valence-electron chi connectivity index (χ1n) is 9.45. The van der Waals surface area contributed by atoms with Crippen molar-refractivity contribution in [3.05, 3.63) is 56.5 Å². The summed E-state index contributed by atoms with van der Waals surface area (Å²) in [7, 11) is 0. The van der Waals surface area contributed by atoms with Crippen molar-refractivity contribution < 1.29 is 4.74 Å². The molecule has 4 heterocycles. The van der Waals surface area contributed by atoms with E-state index in [-0.39, 0.29) is 11.0 Å². The zero-order chi connectivity index (χ0) is 19.8. The zero-order valence-electron chi connectivity index (χ0n) is 17.2. The van der Waals surface area contributed by atoms with E-state index in [1.54, 1.807) is 0 Å². The van der Waals surface area contributed by atoms with Crippen LogP contribution >= 0.6 is 0 Å².